The molecule has 3 aliphatic rings. The van der Waals surface area contributed by atoms with Crippen molar-refractivity contribution in [2.24, 2.45) is 5.92 Å². The summed E-state index contributed by atoms with van der Waals surface area (Å²) in [5, 5.41) is 13.0. The Morgan fingerprint density at radius 3 is 2.70 bits per heavy atom. The number of carboxylic acid groups (broad SMARTS) is 1. The highest BCUT2D eigenvalue weighted by Gasteiger charge is 2.38. The molecule has 2 N–H and O–H groups in total. The van der Waals surface area contributed by atoms with Crippen LogP contribution in [0, 0.1) is 11.7 Å². The van der Waals surface area contributed by atoms with E-state index in [9.17, 15) is 14.7 Å². The zero-order chi connectivity index (χ0) is 20.3. The molecule has 3 heterocycles. The number of nitrogens with zero attached hydrogens (tertiary/aromatic N) is 2. The Kier molecular flexibility index (Phi) is 5.40. The zero-order valence-corrected chi connectivity index (χ0v) is 17.5. The Morgan fingerprint density at radius 2 is 2.07 bits per heavy atom. The third kappa shape index (κ3) is 3.22. The lowest BCUT2D eigenvalue weighted by molar-refractivity contribution is 0.0695. The number of benzene rings is 1. The molecule has 1 aromatic heterocycles. The molecule has 2 aliphatic heterocycles. The molecule has 2 saturated heterocycles. The van der Waals surface area contributed by atoms with E-state index in [1.807, 2.05) is 4.90 Å². The number of methoxy groups -OCH3 is 1. The number of anilines is 1. The second kappa shape index (κ2) is 7.74. The van der Waals surface area contributed by atoms with Crippen LogP contribution < -0.4 is 20.4 Å². The van der Waals surface area contributed by atoms with Gasteiger partial charge in [-0.25, -0.2) is 9.18 Å². The summed E-state index contributed by atoms with van der Waals surface area (Å²) < 4.78 is 22.8. The molecule has 0 amide bonds. The molecule has 0 spiro atoms. The van der Waals surface area contributed by atoms with Crippen molar-refractivity contribution in [1.29, 1.82) is 0 Å². The summed E-state index contributed by atoms with van der Waals surface area (Å²) in [5.41, 5.74) is -0.155. The standard InChI is InChI=1S/C21H24FN3O4.ClH/c1-29-20-17-13(19(26)14(21(27)28)9-25(17)12-4-5-12)7-15(22)18(20)24-8-11-3-2-6-23-16(11)10-24;/h7,9,11-12,16,23H,2-6,8,10H2,1H3,(H,27,28);1H/t11-,16+;/m1./s1. The first kappa shape index (κ1) is 20.9. The van der Waals surface area contributed by atoms with E-state index in [2.05, 4.69) is 5.32 Å². The molecular weight excluding hydrogens is 413 g/mol. The molecule has 7 nitrogen and oxygen atoms in total. The molecule has 162 valence electrons. The van der Waals surface area contributed by atoms with Gasteiger partial charge in [0.1, 0.15) is 11.3 Å². The maximum absolute atomic E-state index is 15.3. The summed E-state index contributed by atoms with van der Waals surface area (Å²) in [6, 6.07) is 1.62. The molecule has 0 unspecified atom stereocenters. The molecule has 0 radical (unpaired) electrons. The minimum Gasteiger partial charge on any atom is -0.492 e. The third-order valence-corrected chi connectivity index (χ3v) is 6.49. The van der Waals surface area contributed by atoms with Gasteiger partial charge in [-0.3, -0.25) is 4.79 Å². The molecule has 1 aliphatic carbocycles. The van der Waals surface area contributed by atoms with Gasteiger partial charge in [-0.1, -0.05) is 0 Å². The first-order valence-electron chi connectivity index (χ1n) is 10.2. The summed E-state index contributed by atoms with van der Waals surface area (Å²) >= 11 is 0. The molecule has 30 heavy (non-hydrogen) atoms. The largest absolute Gasteiger partial charge is 0.492 e. The first-order chi connectivity index (χ1) is 14.0. The van der Waals surface area contributed by atoms with Crippen LogP contribution in [0.1, 0.15) is 42.1 Å². The second-order valence-corrected chi connectivity index (χ2v) is 8.32. The fourth-order valence-corrected chi connectivity index (χ4v) is 4.95. The zero-order valence-electron chi connectivity index (χ0n) is 16.7. The third-order valence-electron chi connectivity index (χ3n) is 6.49. The summed E-state index contributed by atoms with van der Waals surface area (Å²) in [6.07, 6.45) is 5.40. The van der Waals surface area contributed by atoms with Crippen LogP contribution in [-0.2, 0) is 0 Å². The van der Waals surface area contributed by atoms with Crippen LogP contribution in [0.25, 0.3) is 10.9 Å². The van der Waals surface area contributed by atoms with E-state index in [0.29, 0.717) is 35.5 Å². The number of rotatable bonds is 4. The smallest absolute Gasteiger partial charge is 0.341 e. The van der Waals surface area contributed by atoms with E-state index in [4.69, 9.17) is 4.74 Å². The average molecular weight is 438 g/mol. The van der Waals surface area contributed by atoms with E-state index in [1.165, 1.54) is 19.4 Å². The summed E-state index contributed by atoms with van der Waals surface area (Å²) in [6.45, 7) is 2.40. The van der Waals surface area contributed by atoms with E-state index < -0.39 is 17.2 Å². The number of ether oxygens (including phenoxy) is 1. The first-order valence-corrected chi connectivity index (χ1v) is 10.2. The molecule has 2 atom stereocenters. The Hall–Kier alpha value is -2.32. The average Bonchev–Trinajstić information content (AvgIpc) is 3.45. The number of nitrogens with one attached hydrogen (secondary N) is 1. The molecule has 3 fully saturated rings. The van der Waals surface area contributed by atoms with Gasteiger partial charge in [-0.05, 0) is 44.2 Å². The number of piperidine rings is 1. The van der Waals surface area contributed by atoms with Crippen molar-refractivity contribution in [3.05, 3.63) is 33.9 Å². The fraction of sp³-hybridized carbons (Fsp3) is 0.524. The lowest BCUT2D eigenvalue weighted by Crippen LogP contribution is -2.40. The van der Waals surface area contributed by atoms with Crippen molar-refractivity contribution in [2.75, 3.05) is 31.6 Å². The van der Waals surface area contributed by atoms with Crippen molar-refractivity contribution in [3.63, 3.8) is 0 Å². The molecule has 1 aromatic carbocycles. The number of aromatic nitrogens is 1. The SMILES string of the molecule is COc1c(N2C[C@H]3CCCN[C@H]3C2)c(F)cc2c(=O)c(C(=O)O)cn(C3CC3)c12.Cl. The molecule has 9 heteroatoms. The van der Waals surface area contributed by atoms with Crippen molar-refractivity contribution < 1.29 is 19.0 Å². The van der Waals surface area contributed by atoms with Gasteiger partial charge in [0, 0.05) is 31.4 Å². The van der Waals surface area contributed by atoms with Gasteiger partial charge < -0.3 is 24.6 Å². The Bertz CT molecular complexity index is 1050. The number of hydrogen-bond donors (Lipinski definition) is 2. The van der Waals surface area contributed by atoms with Crippen LogP contribution >= 0.6 is 12.4 Å². The van der Waals surface area contributed by atoms with E-state index >= 15 is 4.39 Å². The highest BCUT2D eigenvalue weighted by Crippen LogP contribution is 2.45. The Balaban J connectivity index is 0.00000218. The van der Waals surface area contributed by atoms with E-state index in [-0.39, 0.29) is 29.4 Å². The molecule has 1 saturated carbocycles. The lowest BCUT2D eigenvalue weighted by atomic mass is 9.94. The monoisotopic (exact) mass is 437 g/mol. The highest BCUT2D eigenvalue weighted by atomic mass is 35.5. The highest BCUT2D eigenvalue weighted by molar-refractivity contribution is 5.97. The number of halogens is 2. The van der Waals surface area contributed by atoms with Crippen LogP contribution in [-0.4, -0.2) is 48.4 Å². The van der Waals surface area contributed by atoms with E-state index in [0.717, 1.165) is 38.8 Å². The number of pyridine rings is 1. The Labute approximate surface area is 179 Å². The molecule has 2 aromatic rings. The van der Waals surface area contributed by atoms with Gasteiger partial charge >= 0.3 is 5.97 Å². The number of carbonyl (C=O) groups is 1. The van der Waals surface area contributed by atoms with E-state index in [1.54, 1.807) is 4.57 Å². The van der Waals surface area contributed by atoms with Gasteiger partial charge in [0.15, 0.2) is 11.6 Å². The maximum atomic E-state index is 15.3. The lowest BCUT2D eigenvalue weighted by Gasteiger charge is -2.25. The quantitative estimate of drug-likeness (QED) is 0.765. The number of fused-ring (bicyclic) bond motifs is 2. The molecular formula is C21H25ClFN3O4. The number of aromatic carboxylic acids is 1. The predicted molar refractivity (Wildman–Crippen MR) is 114 cm³/mol. The predicted octanol–water partition coefficient (Wildman–Crippen LogP) is 2.79. The van der Waals surface area contributed by atoms with Crippen LogP contribution in [0.5, 0.6) is 5.75 Å². The second-order valence-electron chi connectivity index (χ2n) is 8.32. The van der Waals surface area contributed by atoms with Crippen LogP contribution in [0.4, 0.5) is 10.1 Å². The number of carboxylic acids is 1. The van der Waals surface area contributed by atoms with Crippen molar-refractivity contribution in [1.82, 2.24) is 9.88 Å². The van der Waals surface area contributed by atoms with Crippen molar-refractivity contribution in [2.45, 2.75) is 37.8 Å². The summed E-state index contributed by atoms with van der Waals surface area (Å²) in [4.78, 5) is 26.4. The minimum absolute atomic E-state index is 0. The van der Waals surface area contributed by atoms with Crippen LogP contribution in [0.15, 0.2) is 17.1 Å². The Morgan fingerprint density at radius 1 is 1.30 bits per heavy atom. The van der Waals surface area contributed by atoms with Gasteiger partial charge in [-0.2, -0.15) is 0 Å². The fourth-order valence-electron chi connectivity index (χ4n) is 4.95. The molecule has 0 bridgehead atoms. The van der Waals surface area contributed by atoms with Crippen LogP contribution in [0.3, 0.4) is 0 Å². The van der Waals surface area contributed by atoms with Crippen LogP contribution in [0.2, 0.25) is 0 Å². The van der Waals surface area contributed by atoms with Gasteiger partial charge in [-0.15, -0.1) is 12.4 Å². The van der Waals surface area contributed by atoms with Crippen molar-refractivity contribution >= 4 is 35.0 Å². The summed E-state index contributed by atoms with van der Waals surface area (Å²) in [5.74, 6) is -1.07. The topological polar surface area (TPSA) is 83.8 Å². The number of hydrogen-bond acceptors (Lipinski definition) is 5. The van der Waals surface area contributed by atoms with Crippen molar-refractivity contribution in [3.8, 4) is 5.75 Å². The summed E-state index contributed by atoms with van der Waals surface area (Å²) in [7, 11) is 1.48. The normalized spacial score (nSPS) is 23.2. The van der Waals surface area contributed by atoms with Gasteiger partial charge in [0.2, 0.25) is 5.43 Å². The minimum atomic E-state index is -1.30. The molecule has 5 rings (SSSR count). The van der Waals surface area contributed by atoms with Gasteiger partial charge in [0.25, 0.3) is 0 Å². The maximum Gasteiger partial charge on any atom is 0.341 e. The van der Waals surface area contributed by atoms with Gasteiger partial charge in [0.05, 0.1) is 18.0 Å².